The number of aryl methyl sites for hydroxylation is 2. The van der Waals surface area contributed by atoms with Crippen LogP contribution >= 0.6 is 11.6 Å². The molecular formula is C20H16ClFN4O. The van der Waals surface area contributed by atoms with Gasteiger partial charge in [0.2, 0.25) is 5.88 Å². The van der Waals surface area contributed by atoms with E-state index in [4.69, 9.17) is 32.5 Å². The molecule has 3 heterocycles. The van der Waals surface area contributed by atoms with Gasteiger partial charge in [0.25, 0.3) is 0 Å². The molecule has 0 aliphatic rings. The number of nitrogens with zero attached hydrogens (tertiary/aromatic N) is 2. The van der Waals surface area contributed by atoms with Gasteiger partial charge >= 0.3 is 0 Å². The van der Waals surface area contributed by atoms with Gasteiger partial charge in [0.1, 0.15) is 17.2 Å². The van der Waals surface area contributed by atoms with E-state index in [-0.39, 0.29) is 10.9 Å². The minimum Gasteiger partial charge on any atom is -0.436 e. The number of anilines is 2. The molecular weight excluding hydrogens is 367 g/mol. The van der Waals surface area contributed by atoms with E-state index in [2.05, 4.69) is 4.98 Å². The number of nitrogens with two attached hydrogens (primary N) is 2. The van der Waals surface area contributed by atoms with Crippen LogP contribution in [0.1, 0.15) is 11.4 Å². The SMILES string of the molecule is Cc1cc(-c2nc(C)c(-c3ccc(F)c(Cl)c3)c3c(N)c(N)oc23)ccn1. The average molecular weight is 383 g/mol. The zero-order chi connectivity index (χ0) is 19.3. The van der Waals surface area contributed by atoms with E-state index >= 15 is 0 Å². The number of pyridine rings is 2. The monoisotopic (exact) mass is 382 g/mol. The van der Waals surface area contributed by atoms with Gasteiger partial charge in [0, 0.05) is 28.7 Å². The second-order valence-corrected chi connectivity index (χ2v) is 6.73. The Kier molecular flexibility index (Phi) is 4.00. The first-order valence-corrected chi connectivity index (χ1v) is 8.61. The molecule has 0 radical (unpaired) electrons. The van der Waals surface area contributed by atoms with Crippen LogP contribution in [0.5, 0.6) is 0 Å². The van der Waals surface area contributed by atoms with Gasteiger partial charge in [-0.2, -0.15) is 0 Å². The molecule has 4 aromatic rings. The Labute approximate surface area is 159 Å². The smallest absolute Gasteiger partial charge is 0.215 e. The lowest BCUT2D eigenvalue weighted by atomic mass is 9.97. The van der Waals surface area contributed by atoms with E-state index in [9.17, 15) is 4.39 Å². The molecule has 0 bridgehead atoms. The van der Waals surface area contributed by atoms with Crippen molar-refractivity contribution < 1.29 is 8.81 Å². The summed E-state index contributed by atoms with van der Waals surface area (Å²) in [6.45, 7) is 3.75. The van der Waals surface area contributed by atoms with Crippen molar-refractivity contribution in [2.75, 3.05) is 11.5 Å². The largest absolute Gasteiger partial charge is 0.436 e. The summed E-state index contributed by atoms with van der Waals surface area (Å²) in [5.41, 5.74) is 17.4. The third kappa shape index (κ3) is 2.78. The molecule has 4 N–H and O–H groups in total. The number of furan rings is 1. The van der Waals surface area contributed by atoms with Crippen LogP contribution in [0.15, 0.2) is 40.9 Å². The van der Waals surface area contributed by atoms with Crippen molar-refractivity contribution in [3.8, 4) is 22.4 Å². The van der Waals surface area contributed by atoms with Gasteiger partial charge in [-0.25, -0.2) is 9.37 Å². The maximum Gasteiger partial charge on any atom is 0.215 e. The molecule has 5 nitrogen and oxygen atoms in total. The molecule has 0 saturated carbocycles. The summed E-state index contributed by atoms with van der Waals surface area (Å²) in [5.74, 6) is -0.385. The molecule has 0 fully saturated rings. The van der Waals surface area contributed by atoms with Crippen LogP contribution in [0.4, 0.5) is 16.0 Å². The van der Waals surface area contributed by atoms with Crippen LogP contribution in [0.3, 0.4) is 0 Å². The first kappa shape index (κ1) is 17.3. The van der Waals surface area contributed by atoms with E-state index < -0.39 is 5.82 Å². The van der Waals surface area contributed by atoms with Crippen LogP contribution in [0, 0.1) is 19.7 Å². The standard InChI is InChI=1S/C20H16ClFN4O/c1-9-7-12(5-6-25-9)18-19-16(17(23)20(24)27-19)15(10(2)26-18)11-3-4-14(22)13(21)8-11/h3-8H,23-24H2,1-2H3. The summed E-state index contributed by atoms with van der Waals surface area (Å²) in [6.07, 6.45) is 1.71. The summed E-state index contributed by atoms with van der Waals surface area (Å²) < 4.78 is 19.4. The van der Waals surface area contributed by atoms with Crippen molar-refractivity contribution in [3.63, 3.8) is 0 Å². The van der Waals surface area contributed by atoms with Crippen molar-refractivity contribution in [1.29, 1.82) is 0 Å². The van der Waals surface area contributed by atoms with Crippen molar-refractivity contribution in [1.82, 2.24) is 9.97 Å². The number of aromatic nitrogens is 2. The van der Waals surface area contributed by atoms with E-state index in [1.807, 2.05) is 26.0 Å². The van der Waals surface area contributed by atoms with E-state index in [1.165, 1.54) is 6.07 Å². The first-order chi connectivity index (χ1) is 12.9. The lowest BCUT2D eigenvalue weighted by Gasteiger charge is -2.12. The molecule has 0 unspecified atom stereocenters. The molecule has 136 valence electrons. The zero-order valence-corrected chi connectivity index (χ0v) is 15.4. The first-order valence-electron chi connectivity index (χ1n) is 8.23. The second-order valence-electron chi connectivity index (χ2n) is 6.32. The molecule has 1 aromatic carbocycles. The van der Waals surface area contributed by atoms with Gasteiger partial charge in [0.15, 0.2) is 5.58 Å². The average Bonchev–Trinajstić information content (AvgIpc) is 2.92. The zero-order valence-electron chi connectivity index (χ0n) is 14.7. The van der Waals surface area contributed by atoms with Gasteiger partial charge < -0.3 is 15.9 Å². The molecule has 0 amide bonds. The highest BCUT2D eigenvalue weighted by atomic mass is 35.5. The third-order valence-corrected chi connectivity index (χ3v) is 4.75. The summed E-state index contributed by atoms with van der Waals surface area (Å²) in [5, 5.41) is 0.649. The highest BCUT2D eigenvalue weighted by Gasteiger charge is 2.22. The number of hydrogen-bond acceptors (Lipinski definition) is 5. The fourth-order valence-electron chi connectivity index (χ4n) is 3.23. The normalized spacial score (nSPS) is 11.3. The fraction of sp³-hybridized carbons (Fsp3) is 0.100. The molecule has 7 heteroatoms. The van der Waals surface area contributed by atoms with Crippen molar-refractivity contribution in [3.05, 3.63) is 58.8 Å². The van der Waals surface area contributed by atoms with E-state index in [0.29, 0.717) is 39.2 Å². The number of fused-ring (bicyclic) bond motifs is 1. The summed E-state index contributed by atoms with van der Waals surface area (Å²) >= 11 is 5.98. The Bertz CT molecular complexity index is 1200. The predicted molar refractivity (Wildman–Crippen MR) is 106 cm³/mol. The summed E-state index contributed by atoms with van der Waals surface area (Å²) in [7, 11) is 0. The number of benzene rings is 1. The Balaban J connectivity index is 2.09. The molecule has 0 aliphatic carbocycles. The maximum absolute atomic E-state index is 13.6. The number of rotatable bonds is 2. The molecule has 0 atom stereocenters. The van der Waals surface area contributed by atoms with Crippen molar-refractivity contribution >= 4 is 34.1 Å². The second kappa shape index (κ2) is 6.25. The number of hydrogen-bond donors (Lipinski definition) is 2. The number of nitrogen functional groups attached to an aromatic ring is 2. The fourth-order valence-corrected chi connectivity index (χ4v) is 3.41. The highest BCUT2D eigenvalue weighted by molar-refractivity contribution is 6.31. The van der Waals surface area contributed by atoms with Gasteiger partial charge in [-0.1, -0.05) is 17.7 Å². The molecule has 0 saturated heterocycles. The lowest BCUT2D eigenvalue weighted by molar-refractivity contribution is 0.628. The molecule has 4 rings (SSSR count). The lowest BCUT2D eigenvalue weighted by Crippen LogP contribution is -1.97. The Morgan fingerprint density at radius 3 is 2.56 bits per heavy atom. The van der Waals surface area contributed by atoms with Crippen LogP contribution in [-0.2, 0) is 0 Å². The van der Waals surface area contributed by atoms with Crippen LogP contribution in [-0.4, -0.2) is 9.97 Å². The van der Waals surface area contributed by atoms with Gasteiger partial charge in [-0.05, 0) is 43.7 Å². The maximum atomic E-state index is 13.6. The molecule has 3 aromatic heterocycles. The van der Waals surface area contributed by atoms with Gasteiger partial charge in [-0.3, -0.25) is 4.98 Å². The third-order valence-electron chi connectivity index (χ3n) is 4.46. The van der Waals surface area contributed by atoms with Crippen molar-refractivity contribution in [2.24, 2.45) is 0 Å². The van der Waals surface area contributed by atoms with Crippen LogP contribution < -0.4 is 11.5 Å². The van der Waals surface area contributed by atoms with Crippen LogP contribution in [0.25, 0.3) is 33.4 Å². The Hall–Kier alpha value is -3.12. The Morgan fingerprint density at radius 2 is 1.85 bits per heavy atom. The molecule has 0 spiro atoms. The minimum atomic E-state index is -0.495. The highest BCUT2D eigenvalue weighted by Crippen LogP contribution is 2.43. The molecule has 27 heavy (non-hydrogen) atoms. The van der Waals surface area contributed by atoms with E-state index in [1.54, 1.807) is 18.3 Å². The Morgan fingerprint density at radius 1 is 1.07 bits per heavy atom. The summed E-state index contributed by atoms with van der Waals surface area (Å²) in [6, 6.07) is 8.23. The quantitative estimate of drug-likeness (QED) is 0.501. The van der Waals surface area contributed by atoms with Gasteiger partial charge in [0.05, 0.1) is 10.4 Å². The number of halogens is 2. The van der Waals surface area contributed by atoms with Crippen LogP contribution in [0.2, 0.25) is 5.02 Å². The minimum absolute atomic E-state index is 0.0175. The summed E-state index contributed by atoms with van der Waals surface area (Å²) in [4.78, 5) is 8.94. The predicted octanol–water partition coefficient (Wildman–Crippen LogP) is 5.13. The topological polar surface area (TPSA) is 91.0 Å². The molecule has 0 aliphatic heterocycles. The van der Waals surface area contributed by atoms with Gasteiger partial charge in [-0.15, -0.1) is 0 Å². The van der Waals surface area contributed by atoms with E-state index in [0.717, 1.165) is 11.3 Å². The van der Waals surface area contributed by atoms with Crippen molar-refractivity contribution in [2.45, 2.75) is 13.8 Å².